The van der Waals surface area contributed by atoms with Gasteiger partial charge in [-0.15, -0.1) is 0 Å². The van der Waals surface area contributed by atoms with E-state index in [-0.39, 0.29) is 21.7 Å². The lowest BCUT2D eigenvalue weighted by Gasteiger charge is -2.17. The lowest BCUT2D eigenvalue weighted by Crippen LogP contribution is -2.22. The fraction of sp³-hybridized carbons (Fsp3) is 0.111. The van der Waals surface area contributed by atoms with Crippen LogP contribution in [0.4, 0.5) is 10.3 Å². The number of aromatic hydroxyl groups is 1. The number of fused-ring (bicyclic) bond motifs is 1. The van der Waals surface area contributed by atoms with E-state index in [4.69, 9.17) is 10.5 Å². The fourth-order valence-electron chi connectivity index (χ4n) is 2.64. The van der Waals surface area contributed by atoms with Crippen molar-refractivity contribution in [2.24, 2.45) is 0 Å². The minimum atomic E-state index is -0.900. The first-order valence-corrected chi connectivity index (χ1v) is 9.88. The molecular weight excluding hydrogens is 465 g/mol. The Hall–Kier alpha value is -3.05. The summed E-state index contributed by atoms with van der Waals surface area (Å²) in [6, 6.07) is 1.44. The second-order valence-electron chi connectivity index (χ2n) is 6.07. The highest BCUT2D eigenvalue weighted by molar-refractivity contribution is 9.10. The first-order valence-electron chi connectivity index (χ1n) is 8.27. The topological polar surface area (TPSA) is 116 Å². The highest BCUT2D eigenvalue weighted by Crippen LogP contribution is 2.39. The molecule has 0 spiro atoms. The molecule has 8 nitrogen and oxygen atoms in total. The van der Waals surface area contributed by atoms with Crippen LogP contribution in [-0.2, 0) is 0 Å². The van der Waals surface area contributed by atoms with Crippen LogP contribution in [0, 0.1) is 5.82 Å². The highest BCUT2D eigenvalue weighted by Gasteiger charge is 2.19. The minimum absolute atomic E-state index is 0.0104. The third kappa shape index (κ3) is 3.54. The maximum Gasteiger partial charge on any atom is 0.274 e. The molecule has 0 fully saturated rings. The van der Waals surface area contributed by atoms with Crippen molar-refractivity contribution in [3.05, 3.63) is 67.2 Å². The van der Waals surface area contributed by atoms with E-state index in [1.807, 2.05) is 0 Å². The third-order valence-corrected chi connectivity index (χ3v) is 5.97. The second kappa shape index (κ2) is 7.41. The molecule has 0 saturated heterocycles. The number of aromatic nitrogens is 4. The number of halogens is 2. The number of phenolic OH excluding ortho intramolecular Hbond substituents is 1. The molecular formula is C18H13BrFN5O3S. The van der Waals surface area contributed by atoms with Crippen LogP contribution in [0.1, 0.15) is 24.2 Å². The van der Waals surface area contributed by atoms with Crippen molar-refractivity contribution in [3.63, 3.8) is 0 Å². The molecule has 0 amide bonds. The van der Waals surface area contributed by atoms with E-state index >= 15 is 0 Å². The van der Waals surface area contributed by atoms with Gasteiger partial charge in [-0.05, 0) is 40.6 Å². The summed E-state index contributed by atoms with van der Waals surface area (Å²) in [5.74, 6) is -1.52. The monoisotopic (exact) mass is 477 g/mol. The van der Waals surface area contributed by atoms with E-state index in [0.717, 1.165) is 0 Å². The molecule has 4 aromatic rings. The Bertz CT molecular complexity index is 1320. The normalized spacial score (nSPS) is 13.1. The van der Waals surface area contributed by atoms with Crippen LogP contribution in [0.25, 0.3) is 11.0 Å². The summed E-state index contributed by atoms with van der Waals surface area (Å²) in [5.41, 5.74) is 6.13. The summed E-state index contributed by atoms with van der Waals surface area (Å²) in [7, 11) is 0. The number of imidazole rings is 1. The quantitative estimate of drug-likeness (QED) is 0.463. The SMILES string of the molecule is CC(Oc1cc(/C=c2\sc3nccn3c2=O)c(Br)c(F)c1O)c1cnc(N)nc1. The van der Waals surface area contributed by atoms with Crippen molar-refractivity contribution in [2.45, 2.75) is 13.0 Å². The Balaban J connectivity index is 1.76. The first kappa shape index (κ1) is 19.3. The summed E-state index contributed by atoms with van der Waals surface area (Å²) in [6.07, 6.45) is 6.98. The van der Waals surface area contributed by atoms with Crippen molar-refractivity contribution in [1.82, 2.24) is 19.4 Å². The van der Waals surface area contributed by atoms with E-state index in [0.29, 0.717) is 20.6 Å². The van der Waals surface area contributed by atoms with E-state index in [2.05, 4.69) is 30.9 Å². The van der Waals surface area contributed by atoms with E-state index in [1.165, 1.54) is 46.5 Å². The molecule has 4 rings (SSSR count). The van der Waals surface area contributed by atoms with Crippen LogP contribution >= 0.6 is 27.3 Å². The fourth-order valence-corrected chi connectivity index (χ4v) is 3.98. The number of nitrogen functional groups attached to an aromatic ring is 1. The standard InChI is InChI=1S/C18H13BrFN5O3S/c1-8(10-6-23-17(21)24-7-10)28-11-4-9(13(19)14(20)15(11)26)5-12-16(27)25-3-2-22-18(25)29-12/h2-8,26H,1H3,(H2,21,23,24)/b12-5-. The number of phenols is 1. The molecule has 1 aromatic carbocycles. The summed E-state index contributed by atoms with van der Waals surface area (Å²) >= 11 is 4.30. The van der Waals surface area contributed by atoms with Gasteiger partial charge >= 0.3 is 0 Å². The number of hydrogen-bond acceptors (Lipinski definition) is 8. The Kier molecular flexibility index (Phi) is 4.92. The van der Waals surface area contributed by atoms with Crippen molar-refractivity contribution >= 4 is 44.3 Å². The van der Waals surface area contributed by atoms with Gasteiger partial charge in [-0.1, -0.05) is 11.3 Å². The van der Waals surface area contributed by atoms with Gasteiger partial charge in [0.2, 0.25) is 5.95 Å². The van der Waals surface area contributed by atoms with Gasteiger partial charge in [0.15, 0.2) is 22.3 Å². The Morgan fingerprint density at radius 3 is 2.79 bits per heavy atom. The molecule has 0 radical (unpaired) electrons. The molecule has 0 saturated carbocycles. The molecule has 3 aromatic heterocycles. The van der Waals surface area contributed by atoms with Gasteiger partial charge in [0.1, 0.15) is 6.10 Å². The maximum atomic E-state index is 14.6. The number of benzene rings is 1. The molecule has 29 heavy (non-hydrogen) atoms. The van der Waals surface area contributed by atoms with Gasteiger partial charge in [0, 0.05) is 30.4 Å². The van der Waals surface area contributed by atoms with Crippen molar-refractivity contribution in [2.75, 3.05) is 5.73 Å². The average molecular weight is 478 g/mol. The van der Waals surface area contributed by atoms with Crippen molar-refractivity contribution in [1.29, 1.82) is 0 Å². The maximum absolute atomic E-state index is 14.6. The molecule has 3 heterocycles. The largest absolute Gasteiger partial charge is 0.502 e. The Morgan fingerprint density at radius 2 is 2.10 bits per heavy atom. The zero-order chi connectivity index (χ0) is 20.7. The predicted molar refractivity (Wildman–Crippen MR) is 109 cm³/mol. The molecule has 0 bridgehead atoms. The van der Waals surface area contributed by atoms with Crippen LogP contribution in [-0.4, -0.2) is 24.5 Å². The summed E-state index contributed by atoms with van der Waals surface area (Å²) in [5, 5.41) is 10.2. The predicted octanol–water partition coefficient (Wildman–Crippen LogP) is 2.42. The molecule has 0 aliphatic carbocycles. The Morgan fingerprint density at radius 1 is 1.38 bits per heavy atom. The first-order chi connectivity index (χ1) is 13.8. The van der Waals surface area contributed by atoms with Gasteiger partial charge in [0.05, 0.1) is 9.01 Å². The van der Waals surface area contributed by atoms with E-state index < -0.39 is 17.7 Å². The summed E-state index contributed by atoms with van der Waals surface area (Å²) < 4.78 is 22.1. The molecule has 1 atom stereocenters. The van der Waals surface area contributed by atoms with Gasteiger partial charge in [-0.2, -0.15) is 0 Å². The second-order valence-corrected chi connectivity index (χ2v) is 7.87. The number of thiazole rings is 1. The van der Waals surface area contributed by atoms with Crippen LogP contribution in [0.3, 0.4) is 0 Å². The molecule has 11 heteroatoms. The molecule has 0 aliphatic rings. The minimum Gasteiger partial charge on any atom is -0.502 e. The van der Waals surface area contributed by atoms with Crippen LogP contribution in [0.2, 0.25) is 0 Å². The van der Waals surface area contributed by atoms with Gasteiger partial charge in [0.25, 0.3) is 5.56 Å². The zero-order valence-electron chi connectivity index (χ0n) is 14.8. The summed E-state index contributed by atoms with van der Waals surface area (Å²) in [6.45, 7) is 1.70. The third-order valence-electron chi connectivity index (χ3n) is 4.16. The molecule has 148 valence electrons. The number of rotatable bonds is 4. The Labute approximate surface area is 175 Å². The van der Waals surface area contributed by atoms with E-state index in [9.17, 15) is 14.3 Å². The van der Waals surface area contributed by atoms with Crippen LogP contribution in [0.5, 0.6) is 11.5 Å². The number of nitrogens with zero attached hydrogens (tertiary/aromatic N) is 4. The number of nitrogens with two attached hydrogens (primary N) is 1. The summed E-state index contributed by atoms with van der Waals surface area (Å²) in [4.78, 5) is 24.8. The van der Waals surface area contributed by atoms with Crippen molar-refractivity contribution < 1.29 is 14.2 Å². The van der Waals surface area contributed by atoms with Gasteiger partial charge in [-0.25, -0.2) is 19.3 Å². The smallest absolute Gasteiger partial charge is 0.274 e. The number of anilines is 1. The van der Waals surface area contributed by atoms with Crippen LogP contribution in [0.15, 0.2) is 40.1 Å². The zero-order valence-corrected chi connectivity index (χ0v) is 17.2. The molecule has 0 aliphatic heterocycles. The van der Waals surface area contributed by atoms with Crippen molar-refractivity contribution in [3.8, 4) is 11.5 Å². The van der Waals surface area contributed by atoms with Gasteiger partial charge in [-0.3, -0.25) is 9.20 Å². The van der Waals surface area contributed by atoms with Gasteiger partial charge < -0.3 is 15.6 Å². The lowest BCUT2D eigenvalue weighted by molar-refractivity contribution is 0.213. The number of ether oxygens (including phenoxy) is 1. The average Bonchev–Trinajstić information content (AvgIpc) is 3.27. The molecule has 3 N–H and O–H groups in total. The lowest BCUT2D eigenvalue weighted by atomic mass is 10.1. The van der Waals surface area contributed by atoms with E-state index in [1.54, 1.807) is 13.1 Å². The molecule has 1 unspecified atom stereocenters. The van der Waals surface area contributed by atoms with Crippen LogP contribution < -0.4 is 20.6 Å². The highest BCUT2D eigenvalue weighted by atomic mass is 79.9. The number of hydrogen-bond donors (Lipinski definition) is 2.